The summed E-state index contributed by atoms with van der Waals surface area (Å²) in [7, 11) is 0. The van der Waals surface area contributed by atoms with Gasteiger partial charge in [-0.15, -0.1) is 0 Å². The van der Waals surface area contributed by atoms with Gasteiger partial charge in [0.25, 0.3) is 0 Å². The second-order valence-corrected chi connectivity index (χ2v) is 10.8. The fraction of sp³-hybridized carbons (Fsp3) is 0.321. The molecule has 0 radical (unpaired) electrons. The smallest absolute Gasteiger partial charge is 0.386 e. The Kier molecular flexibility index (Phi) is 9.45. The molecule has 1 amide bonds. The molecule has 3 aromatic carbocycles. The summed E-state index contributed by atoms with van der Waals surface area (Å²) in [6.07, 6.45) is -11.6. The van der Waals surface area contributed by atoms with Crippen LogP contribution < -0.4 is 0 Å². The molecule has 1 N–H and O–H groups in total. The summed E-state index contributed by atoms with van der Waals surface area (Å²) in [5.41, 5.74) is -0.730. The first-order valence-corrected chi connectivity index (χ1v) is 13.0. The van der Waals surface area contributed by atoms with Crippen molar-refractivity contribution in [2.75, 3.05) is 0 Å². The van der Waals surface area contributed by atoms with Gasteiger partial charge < -0.3 is 10.0 Å². The van der Waals surface area contributed by atoms with Gasteiger partial charge in [0.15, 0.2) is 0 Å². The molecule has 0 spiro atoms. The number of carbonyl (C=O) groups excluding carboxylic acids is 1. The van der Waals surface area contributed by atoms with Crippen molar-refractivity contribution in [3.05, 3.63) is 91.9 Å². The van der Waals surface area contributed by atoms with Crippen molar-refractivity contribution in [1.29, 1.82) is 0 Å². The minimum Gasteiger partial charge on any atom is -0.386 e. The number of carbonyl (C=O) groups is 1. The summed E-state index contributed by atoms with van der Waals surface area (Å²) in [6.45, 7) is 5.27. The minimum absolute atomic E-state index is 0.0127. The van der Waals surface area contributed by atoms with Crippen LogP contribution in [0.4, 0.5) is 26.3 Å². The number of aliphatic hydroxyl groups is 1. The van der Waals surface area contributed by atoms with Crippen LogP contribution in [0, 0.1) is 0 Å². The molecule has 3 rings (SSSR count). The number of halogens is 8. The van der Waals surface area contributed by atoms with E-state index in [4.69, 9.17) is 11.6 Å². The number of nitrogens with zero attached hydrogens (tertiary/aromatic N) is 1. The van der Waals surface area contributed by atoms with Gasteiger partial charge in [0, 0.05) is 21.6 Å². The Morgan fingerprint density at radius 3 is 1.97 bits per heavy atom. The summed E-state index contributed by atoms with van der Waals surface area (Å²) in [6, 6.07) is 10.6. The predicted molar refractivity (Wildman–Crippen MR) is 141 cm³/mol. The fourth-order valence-corrected chi connectivity index (χ4v) is 4.78. The number of aliphatic hydroxyl groups excluding tert-OH is 1. The molecule has 0 aromatic heterocycles. The van der Waals surface area contributed by atoms with Gasteiger partial charge >= 0.3 is 12.4 Å². The number of hydrogen-bond donors (Lipinski definition) is 1. The van der Waals surface area contributed by atoms with Crippen LogP contribution >= 0.6 is 27.5 Å². The Labute approximate surface area is 235 Å². The van der Waals surface area contributed by atoms with Crippen LogP contribution in [0.5, 0.6) is 0 Å². The minimum atomic E-state index is -5.07. The molecule has 2 unspecified atom stereocenters. The molecular formula is C28H25BrClF6NO2. The zero-order valence-electron chi connectivity index (χ0n) is 21.0. The van der Waals surface area contributed by atoms with Crippen LogP contribution in [0.2, 0.25) is 5.02 Å². The molecule has 3 aromatic rings. The van der Waals surface area contributed by atoms with E-state index in [1.807, 2.05) is 26.0 Å². The lowest BCUT2D eigenvalue weighted by atomic mass is 9.93. The number of benzene rings is 3. The highest BCUT2D eigenvalue weighted by Gasteiger charge is 2.38. The maximum absolute atomic E-state index is 13.3. The average molecular weight is 637 g/mol. The van der Waals surface area contributed by atoms with Gasteiger partial charge in [-0.1, -0.05) is 53.5 Å². The highest BCUT2D eigenvalue weighted by molar-refractivity contribution is 9.10. The Morgan fingerprint density at radius 2 is 1.46 bits per heavy atom. The number of alkyl halides is 6. The highest BCUT2D eigenvalue weighted by atomic mass is 79.9. The van der Waals surface area contributed by atoms with E-state index in [9.17, 15) is 36.2 Å². The van der Waals surface area contributed by atoms with E-state index >= 15 is 0 Å². The summed E-state index contributed by atoms with van der Waals surface area (Å²) in [5.74, 6) is 0.204. The standard InChI is InChI=1S/C28H25BrClF6NO2/c1-15(2)17-4-7-25(30)24(11-17)23-6-5-22(29)10-19(23)13-37(14-38)16(3)26(39)18-8-20(27(31,32)33)12-21(9-18)28(34,35)36/h4-12,14-16,26,39H,13H2,1-3H3. The maximum Gasteiger partial charge on any atom is 0.416 e. The third-order valence-electron chi connectivity index (χ3n) is 6.43. The fourth-order valence-electron chi connectivity index (χ4n) is 4.15. The summed E-state index contributed by atoms with van der Waals surface area (Å²) in [4.78, 5) is 13.2. The van der Waals surface area contributed by atoms with Gasteiger partial charge in [-0.2, -0.15) is 26.3 Å². The molecule has 0 saturated heterocycles. The molecule has 3 nitrogen and oxygen atoms in total. The molecule has 0 heterocycles. The Bertz CT molecular complexity index is 1310. The van der Waals surface area contributed by atoms with Crippen molar-refractivity contribution in [2.24, 2.45) is 0 Å². The van der Waals surface area contributed by atoms with Crippen molar-refractivity contribution >= 4 is 33.9 Å². The van der Waals surface area contributed by atoms with Gasteiger partial charge in [-0.05, 0) is 77.6 Å². The molecule has 0 fully saturated rings. The quantitative estimate of drug-likeness (QED) is 0.198. The van der Waals surface area contributed by atoms with Gasteiger partial charge in [-0.3, -0.25) is 4.79 Å². The van der Waals surface area contributed by atoms with Crippen molar-refractivity contribution in [2.45, 2.75) is 57.7 Å². The van der Waals surface area contributed by atoms with Gasteiger partial charge in [0.1, 0.15) is 0 Å². The van der Waals surface area contributed by atoms with E-state index in [0.29, 0.717) is 44.7 Å². The molecule has 0 aliphatic rings. The topological polar surface area (TPSA) is 40.5 Å². The summed E-state index contributed by atoms with van der Waals surface area (Å²) >= 11 is 9.89. The number of amides is 1. The van der Waals surface area contributed by atoms with Crippen LogP contribution in [0.25, 0.3) is 11.1 Å². The van der Waals surface area contributed by atoms with Crippen molar-refractivity contribution in [1.82, 2.24) is 4.90 Å². The van der Waals surface area contributed by atoms with Crippen molar-refractivity contribution < 1.29 is 36.2 Å². The van der Waals surface area contributed by atoms with E-state index in [0.717, 1.165) is 10.5 Å². The monoisotopic (exact) mass is 635 g/mol. The lowest BCUT2D eigenvalue weighted by Crippen LogP contribution is -2.36. The molecule has 0 bridgehead atoms. The van der Waals surface area contributed by atoms with E-state index in [1.54, 1.807) is 24.3 Å². The van der Waals surface area contributed by atoms with E-state index in [1.165, 1.54) is 6.92 Å². The number of hydrogen-bond acceptors (Lipinski definition) is 2. The average Bonchev–Trinajstić information content (AvgIpc) is 2.85. The van der Waals surface area contributed by atoms with Crippen LogP contribution in [-0.2, 0) is 23.7 Å². The first kappa shape index (κ1) is 31.0. The Morgan fingerprint density at radius 1 is 0.872 bits per heavy atom. The molecule has 11 heteroatoms. The van der Waals surface area contributed by atoms with E-state index < -0.39 is 41.2 Å². The van der Waals surface area contributed by atoms with E-state index in [2.05, 4.69) is 15.9 Å². The largest absolute Gasteiger partial charge is 0.416 e. The second kappa shape index (κ2) is 11.9. The maximum atomic E-state index is 13.3. The molecule has 0 aliphatic heterocycles. The Hall–Kier alpha value is -2.56. The van der Waals surface area contributed by atoms with Crippen molar-refractivity contribution in [3.63, 3.8) is 0 Å². The van der Waals surface area contributed by atoms with E-state index in [-0.39, 0.29) is 18.5 Å². The zero-order chi connectivity index (χ0) is 29.3. The first-order chi connectivity index (χ1) is 18.0. The third kappa shape index (κ3) is 7.35. The molecule has 0 aliphatic carbocycles. The zero-order valence-corrected chi connectivity index (χ0v) is 23.4. The van der Waals surface area contributed by atoms with Crippen LogP contribution in [0.1, 0.15) is 60.6 Å². The van der Waals surface area contributed by atoms with Gasteiger partial charge in [0.05, 0.1) is 23.3 Å². The lowest BCUT2D eigenvalue weighted by molar-refractivity contribution is -0.143. The molecule has 210 valence electrons. The van der Waals surface area contributed by atoms with Crippen LogP contribution in [0.3, 0.4) is 0 Å². The Balaban J connectivity index is 2.02. The van der Waals surface area contributed by atoms with Gasteiger partial charge in [0.2, 0.25) is 6.41 Å². The number of rotatable bonds is 8. The highest BCUT2D eigenvalue weighted by Crippen LogP contribution is 2.39. The molecular weight excluding hydrogens is 612 g/mol. The van der Waals surface area contributed by atoms with Crippen LogP contribution in [-0.4, -0.2) is 22.5 Å². The summed E-state index contributed by atoms with van der Waals surface area (Å²) in [5, 5.41) is 11.3. The molecule has 39 heavy (non-hydrogen) atoms. The van der Waals surface area contributed by atoms with Crippen molar-refractivity contribution in [3.8, 4) is 11.1 Å². The van der Waals surface area contributed by atoms with Gasteiger partial charge in [-0.25, -0.2) is 0 Å². The SMILES string of the molecule is CC(C)c1ccc(Cl)c(-c2ccc(Br)cc2CN(C=O)C(C)C(O)c2cc(C(F)(F)F)cc(C(F)(F)F)c2)c1. The normalized spacial score (nSPS) is 13.9. The lowest BCUT2D eigenvalue weighted by Gasteiger charge is -2.31. The molecule has 0 saturated carbocycles. The second-order valence-electron chi connectivity index (χ2n) is 9.50. The van der Waals surface area contributed by atoms with Crippen LogP contribution in [0.15, 0.2) is 59.1 Å². The first-order valence-electron chi connectivity index (χ1n) is 11.8. The predicted octanol–water partition coefficient (Wildman–Crippen LogP) is 9.01. The molecule has 2 atom stereocenters. The third-order valence-corrected chi connectivity index (χ3v) is 7.26. The summed E-state index contributed by atoms with van der Waals surface area (Å²) < 4.78 is 80.7.